The van der Waals surface area contributed by atoms with Crippen LogP contribution < -0.4 is 34.3 Å². The first-order valence-electron chi connectivity index (χ1n) is 21.5. The van der Waals surface area contributed by atoms with Gasteiger partial charge in [-0.15, -0.1) is 0 Å². The number of unbranched alkanes of at least 4 members (excludes halogenated alkanes) is 4. The number of nitrogens with zero attached hydrogens (tertiary/aromatic N) is 1. The topological polar surface area (TPSA) is 222 Å². The molecule has 0 radical (unpaired) electrons. The second-order valence-electron chi connectivity index (χ2n) is 15.8. The number of sulfonamides is 1. The summed E-state index contributed by atoms with van der Waals surface area (Å²) < 4.78 is 92.1. The van der Waals surface area contributed by atoms with Crippen molar-refractivity contribution in [1.29, 1.82) is 0 Å². The number of amides is 1. The molecule has 5 N–H and O–H groups in total. The van der Waals surface area contributed by atoms with E-state index in [1.54, 1.807) is 16.7 Å². The van der Waals surface area contributed by atoms with E-state index in [1.807, 2.05) is 6.07 Å². The molecule has 2 atom stereocenters. The zero-order chi connectivity index (χ0) is 48.8. The minimum Gasteiger partial charge on any atom is -0.756 e. The quantitative estimate of drug-likeness (QED) is 0.0142. The number of hydrogen-bond acceptors (Lipinski definition) is 12. The summed E-state index contributed by atoms with van der Waals surface area (Å²) in [6.45, 7) is -1.70. The normalized spacial score (nSPS) is 13.2. The molecule has 16 nitrogen and oxygen atoms in total. The SMILES string of the molecule is CS(=O)(=O)Nc1ccc2oc3c(OC(F)F)ccc(C(=O)Nc4c(Cl)c[n+](Cc5ccc(C(O)CNCCCCCCOCCCCc6ccccc6)cc5OCOP(=O)([O-])O)cc4Cl)c3c2c1. The summed E-state index contributed by atoms with van der Waals surface area (Å²) in [6, 6.07) is 21.8. The number of carbonyl (C=O) groups excluding carboxylic acids is 1. The van der Waals surface area contributed by atoms with E-state index >= 15 is 0 Å². The number of pyridine rings is 1. The summed E-state index contributed by atoms with van der Waals surface area (Å²) in [6.07, 6.45) is 9.92. The van der Waals surface area contributed by atoms with E-state index in [0.717, 1.165) is 70.5 Å². The van der Waals surface area contributed by atoms with Crippen LogP contribution in [0.1, 0.15) is 71.7 Å². The standard InChI is InChI=1S/C46H51Cl2F2N4O12PS/c1-68(60,61)53-33-16-18-39-35(24-33)42-34(17-19-40(44(42)65-39)66-46(49)50)45(56)52-43-36(47)27-54(28-37(43)48)26-32-15-14-31(23-41(32)63-29-64-67(57,58)59)38(55)25-51-20-8-2-3-9-21-62-22-10-7-13-30-11-5-4-6-12-30/h4-6,11-12,14-19,23-24,27-28,38,46,51,53,55H,2-3,7-10,13,20-22,25-26,29H2,1H3,(H2,57,58,59). The highest BCUT2D eigenvalue weighted by molar-refractivity contribution is 7.92. The number of nitrogens with one attached hydrogen (secondary N) is 3. The number of phosphoric acid groups is 1. The number of halogens is 4. The number of aromatic nitrogens is 1. The van der Waals surface area contributed by atoms with Gasteiger partial charge in [-0.1, -0.05) is 72.4 Å². The fourth-order valence-corrected chi connectivity index (χ4v) is 8.65. The van der Waals surface area contributed by atoms with Crippen molar-refractivity contribution < 1.29 is 69.2 Å². The van der Waals surface area contributed by atoms with E-state index < -0.39 is 43.3 Å². The van der Waals surface area contributed by atoms with Gasteiger partial charge < -0.3 is 44.2 Å². The smallest absolute Gasteiger partial charge is 0.387 e. The molecule has 0 aliphatic carbocycles. The van der Waals surface area contributed by atoms with Gasteiger partial charge in [-0.05, 0) is 92.2 Å². The Labute approximate surface area is 401 Å². The second kappa shape index (κ2) is 24.6. The Morgan fingerprint density at radius 3 is 2.35 bits per heavy atom. The summed E-state index contributed by atoms with van der Waals surface area (Å²) in [4.78, 5) is 34.4. The molecule has 68 heavy (non-hydrogen) atoms. The molecule has 2 unspecified atom stereocenters. The van der Waals surface area contributed by atoms with E-state index in [0.29, 0.717) is 17.7 Å². The van der Waals surface area contributed by atoms with Crippen LogP contribution in [0.2, 0.25) is 10.0 Å². The molecule has 6 aromatic rings. The van der Waals surface area contributed by atoms with Gasteiger partial charge in [0.05, 0.1) is 29.2 Å². The number of furan rings is 1. The third-order valence-electron chi connectivity index (χ3n) is 10.5. The number of hydrogen-bond donors (Lipinski definition) is 5. The largest absolute Gasteiger partial charge is 0.756 e. The lowest BCUT2D eigenvalue weighted by atomic mass is 10.0. The van der Waals surface area contributed by atoms with Gasteiger partial charge in [0.2, 0.25) is 10.0 Å². The first-order valence-corrected chi connectivity index (χ1v) is 25.6. The molecular formula is C46H51Cl2F2N4O12PS. The lowest BCUT2D eigenvalue weighted by molar-refractivity contribution is -0.688. The van der Waals surface area contributed by atoms with E-state index in [2.05, 4.69) is 48.9 Å². The van der Waals surface area contributed by atoms with E-state index in [1.165, 1.54) is 48.3 Å². The molecule has 0 saturated carbocycles. The predicted octanol–water partition coefficient (Wildman–Crippen LogP) is 8.49. The number of aliphatic hydroxyl groups excluding tert-OH is 1. The van der Waals surface area contributed by atoms with Crippen LogP contribution in [0.4, 0.5) is 20.2 Å². The summed E-state index contributed by atoms with van der Waals surface area (Å²) >= 11 is 13.3. The van der Waals surface area contributed by atoms with Gasteiger partial charge in [0.25, 0.3) is 13.7 Å². The first-order chi connectivity index (χ1) is 32.4. The minimum absolute atomic E-state index is 0.0160. The van der Waals surface area contributed by atoms with Gasteiger partial charge in [-0.3, -0.25) is 18.6 Å². The number of benzene rings is 4. The lowest BCUT2D eigenvalue weighted by Crippen LogP contribution is -2.34. The van der Waals surface area contributed by atoms with Crippen molar-refractivity contribution in [3.05, 3.63) is 124 Å². The number of ether oxygens (including phenoxy) is 3. The summed E-state index contributed by atoms with van der Waals surface area (Å²) in [5.41, 5.74) is 2.19. The molecule has 0 aliphatic rings. The van der Waals surface area contributed by atoms with Crippen LogP contribution in [0, 0.1) is 0 Å². The number of fused-ring (bicyclic) bond motifs is 3. The Bertz CT molecular complexity index is 2800. The van der Waals surface area contributed by atoms with Gasteiger partial charge in [0, 0.05) is 36.2 Å². The number of carbonyl (C=O) groups is 1. The van der Waals surface area contributed by atoms with Gasteiger partial charge >= 0.3 is 6.61 Å². The van der Waals surface area contributed by atoms with Crippen molar-refractivity contribution in [1.82, 2.24) is 5.32 Å². The maximum atomic E-state index is 13.9. The maximum absolute atomic E-state index is 13.9. The van der Waals surface area contributed by atoms with Crippen LogP contribution in [0.25, 0.3) is 21.9 Å². The Kier molecular flexibility index (Phi) is 19.0. The van der Waals surface area contributed by atoms with Crippen molar-refractivity contribution in [3.8, 4) is 11.5 Å². The van der Waals surface area contributed by atoms with Gasteiger partial charge in [0.15, 0.2) is 37.1 Å². The van der Waals surface area contributed by atoms with Gasteiger partial charge in [0.1, 0.15) is 21.4 Å². The summed E-state index contributed by atoms with van der Waals surface area (Å²) in [7, 11) is -8.85. The van der Waals surface area contributed by atoms with Crippen LogP contribution in [0.15, 0.2) is 95.7 Å². The summed E-state index contributed by atoms with van der Waals surface area (Å²) in [5, 5.41) is 17.1. The lowest BCUT2D eigenvalue weighted by Gasteiger charge is -2.18. The third kappa shape index (κ3) is 15.8. The van der Waals surface area contributed by atoms with Crippen molar-refractivity contribution in [2.24, 2.45) is 0 Å². The molecule has 366 valence electrons. The maximum Gasteiger partial charge on any atom is 0.387 e. The van der Waals surface area contributed by atoms with Gasteiger partial charge in [-0.2, -0.15) is 13.3 Å². The van der Waals surface area contributed by atoms with Crippen molar-refractivity contribution in [3.63, 3.8) is 0 Å². The highest BCUT2D eigenvalue weighted by atomic mass is 35.5. The molecule has 4 aromatic carbocycles. The number of aliphatic hydroxyl groups is 1. The second-order valence-corrected chi connectivity index (χ2v) is 19.5. The fourth-order valence-electron chi connectivity index (χ4n) is 7.32. The van der Waals surface area contributed by atoms with Crippen molar-refractivity contribution >= 4 is 80.3 Å². The average molecular weight is 1020 g/mol. The highest BCUT2D eigenvalue weighted by Crippen LogP contribution is 2.40. The molecular weight excluding hydrogens is 972 g/mol. The molecule has 2 heterocycles. The Balaban J connectivity index is 1.07. The Morgan fingerprint density at radius 1 is 0.926 bits per heavy atom. The van der Waals surface area contributed by atoms with Crippen LogP contribution in [-0.4, -0.2) is 70.3 Å². The molecule has 0 aliphatic heterocycles. The summed E-state index contributed by atoms with van der Waals surface area (Å²) in [5.74, 6) is -1.05. The van der Waals surface area contributed by atoms with E-state index in [9.17, 15) is 36.6 Å². The van der Waals surface area contributed by atoms with Crippen LogP contribution >= 0.6 is 31.0 Å². The van der Waals surface area contributed by atoms with Crippen molar-refractivity contribution in [2.75, 3.05) is 49.4 Å². The van der Waals surface area contributed by atoms with E-state index in [-0.39, 0.29) is 73.5 Å². The fraction of sp³-hybridized carbons (Fsp3) is 0.348. The highest BCUT2D eigenvalue weighted by Gasteiger charge is 2.25. The Morgan fingerprint density at radius 2 is 1.65 bits per heavy atom. The molecule has 6 rings (SSSR count). The Hall–Kier alpha value is -4.92. The van der Waals surface area contributed by atoms with Gasteiger partial charge in [-0.25, -0.2) is 8.42 Å². The number of anilines is 2. The first kappa shape index (κ1) is 52.5. The zero-order valence-corrected chi connectivity index (χ0v) is 40.0. The third-order valence-corrected chi connectivity index (χ3v) is 12.1. The minimum atomic E-state index is -5.14. The predicted molar refractivity (Wildman–Crippen MR) is 252 cm³/mol. The average Bonchev–Trinajstić information content (AvgIpc) is 3.65. The number of alkyl halides is 2. The van der Waals surface area contributed by atoms with E-state index in [4.69, 9.17) is 42.0 Å². The molecule has 0 fully saturated rings. The van der Waals surface area contributed by atoms with Crippen LogP contribution in [0.3, 0.4) is 0 Å². The van der Waals surface area contributed by atoms with Crippen LogP contribution in [0.5, 0.6) is 11.5 Å². The monoisotopic (exact) mass is 1020 g/mol. The number of rotatable bonds is 27. The van der Waals surface area contributed by atoms with Crippen LogP contribution in [-0.2, 0) is 36.8 Å². The van der Waals surface area contributed by atoms with Crippen molar-refractivity contribution in [2.45, 2.75) is 64.2 Å². The molecule has 0 spiro atoms. The number of aryl methyl sites for hydroxylation is 1. The molecule has 0 bridgehead atoms. The molecule has 22 heteroatoms. The number of phosphoric ester groups is 1. The zero-order valence-electron chi connectivity index (χ0n) is 36.8. The molecule has 2 aromatic heterocycles. The molecule has 0 saturated heterocycles. The molecule has 1 amide bonds.